The lowest BCUT2D eigenvalue weighted by molar-refractivity contribution is -0.137. The summed E-state index contributed by atoms with van der Waals surface area (Å²) in [6.45, 7) is 8.69. The van der Waals surface area contributed by atoms with E-state index in [0.717, 1.165) is 43.9 Å². The van der Waals surface area contributed by atoms with Crippen molar-refractivity contribution in [1.82, 2.24) is 9.55 Å². The third-order valence-corrected chi connectivity index (χ3v) is 6.65. The van der Waals surface area contributed by atoms with E-state index in [1.807, 2.05) is 0 Å². The van der Waals surface area contributed by atoms with Crippen molar-refractivity contribution in [2.45, 2.75) is 50.5 Å². The van der Waals surface area contributed by atoms with Gasteiger partial charge in [-0.1, -0.05) is 20.8 Å². The van der Waals surface area contributed by atoms with Crippen molar-refractivity contribution in [3.8, 4) is 0 Å². The van der Waals surface area contributed by atoms with Gasteiger partial charge in [0.25, 0.3) is 0 Å². The fourth-order valence-corrected chi connectivity index (χ4v) is 4.71. The summed E-state index contributed by atoms with van der Waals surface area (Å²) < 4.78 is 37.2. The van der Waals surface area contributed by atoms with E-state index in [1.165, 1.54) is 7.11 Å². The molecule has 1 aromatic heterocycles. The fourth-order valence-electron chi connectivity index (χ4n) is 3.55. The molecular weight excluding hydrogens is 380 g/mol. The molecular formula is C20H28N2O5S. The number of hydrogen-bond donors (Lipinski definition) is 0. The highest BCUT2D eigenvalue weighted by Gasteiger charge is 2.27. The van der Waals surface area contributed by atoms with Gasteiger partial charge in [0, 0.05) is 25.2 Å². The maximum absolute atomic E-state index is 12.5. The summed E-state index contributed by atoms with van der Waals surface area (Å²) in [4.78, 5) is 16.3. The molecule has 7 nitrogen and oxygen atoms in total. The van der Waals surface area contributed by atoms with Crippen LogP contribution in [0.5, 0.6) is 0 Å². The Morgan fingerprint density at radius 1 is 1.29 bits per heavy atom. The molecule has 0 spiro atoms. The Bertz CT molecular complexity index is 966. The maximum atomic E-state index is 12.5. The van der Waals surface area contributed by atoms with Crippen LogP contribution < -0.4 is 0 Å². The maximum Gasteiger partial charge on any atom is 0.321 e. The van der Waals surface area contributed by atoms with Gasteiger partial charge in [0.15, 0.2) is 15.6 Å². The number of esters is 1. The topological polar surface area (TPSA) is 87.5 Å². The zero-order chi connectivity index (χ0) is 20.5. The molecule has 1 aliphatic heterocycles. The van der Waals surface area contributed by atoms with Crippen molar-refractivity contribution < 1.29 is 22.7 Å². The van der Waals surface area contributed by atoms with Crippen LogP contribution in [0.4, 0.5) is 0 Å². The lowest BCUT2D eigenvalue weighted by atomic mass is 9.94. The summed E-state index contributed by atoms with van der Waals surface area (Å²) >= 11 is 0. The Morgan fingerprint density at radius 3 is 2.57 bits per heavy atom. The first-order valence-electron chi connectivity index (χ1n) is 9.50. The molecule has 0 aliphatic carbocycles. The number of carbonyl (C=O) groups excluding carboxylic acids is 1. The molecule has 2 heterocycles. The average molecular weight is 409 g/mol. The van der Waals surface area contributed by atoms with Gasteiger partial charge in [-0.2, -0.15) is 0 Å². The van der Waals surface area contributed by atoms with E-state index in [4.69, 9.17) is 9.72 Å². The SMILES string of the molecule is COC(=O)CS(=O)(=O)c1ccc2c(c1)nc(C(C)(C)C)n2CC1CCOCC1. The largest absolute Gasteiger partial charge is 0.468 e. The number of ether oxygens (including phenoxy) is 2. The van der Waals surface area contributed by atoms with Crippen LogP contribution in [-0.2, 0) is 36.1 Å². The van der Waals surface area contributed by atoms with Crippen molar-refractivity contribution >= 4 is 26.8 Å². The van der Waals surface area contributed by atoms with Gasteiger partial charge in [-0.15, -0.1) is 0 Å². The average Bonchev–Trinajstić information content (AvgIpc) is 3.00. The molecule has 0 saturated carbocycles. The molecule has 1 saturated heterocycles. The minimum Gasteiger partial charge on any atom is -0.468 e. The highest BCUT2D eigenvalue weighted by molar-refractivity contribution is 7.92. The van der Waals surface area contributed by atoms with E-state index in [2.05, 4.69) is 30.1 Å². The van der Waals surface area contributed by atoms with Crippen molar-refractivity contribution in [1.29, 1.82) is 0 Å². The van der Waals surface area contributed by atoms with Crippen LogP contribution in [0.1, 0.15) is 39.4 Å². The molecule has 0 N–H and O–H groups in total. The fraction of sp³-hybridized carbons (Fsp3) is 0.600. The summed E-state index contributed by atoms with van der Waals surface area (Å²) in [5.74, 6) is -0.0174. The van der Waals surface area contributed by atoms with Crippen LogP contribution in [0.3, 0.4) is 0 Å². The summed E-state index contributed by atoms with van der Waals surface area (Å²) in [6.07, 6.45) is 2.02. The first-order chi connectivity index (χ1) is 13.1. The van der Waals surface area contributed by atoms with Crippen molar-refractivity contribution in [2.24, 2.45) is 5.92 Å². The molecule has 0 atom stereocenters. The van der Waals surface area contributed by atoms with E-state index in [-0.39, 0.29) is 10.3 Å². The molecule has 28 heavy (non-hydrogen) atoms. The summed E-state index contributed by atoms with van der Waals surface area (Å²) in [6, 6.07) is 4.90. The number of rotatable bonds is 5. The zero-order valence-electron chi connectivity index (χ0n) is 16.9. The van der Waals surface area contributed by atoms with Gasteiger partial charge in [-0.25, -0.2) is 13.4 Å². The second-order valence-electron chi connectivity index (χ2n) is 8.34. The highest BCUT2D eigenvalue weighted by Crippen LogP contribution is 2.30. The van der Waals surface area contributed by atoms with Crippen LogP contribution in [-0.4, -0.2) is 50.0 Å². The van der Waals surface area contributed by atoms with Crippen LogP contribution in [0.15, 0.2) is 23.1 Å². The predicted molar refractivity (Wildman–Crippen MR) is 106 cm³/mol. The number of benzene rings is 1. The second kappa shape index (κ2) is 7.83. The third-order valence-electron chi connectivity index (χ3n) is 5.07. The van der Waals surface area contributed by atoms with Gasteiger partial charge < -0.3 is 14.0 Å². The van der Waals surface area contributed by atoms with Crippen LogP contribution in [0.2, 0.25) is 0 Å². The van der Waals surface area contributed by atoms with E-state index in [9.17, 15) is 13.2 Å². The van der Waals surface area contributed by atoms with Crippen molar-refractivity contribution in [3.63, 3.8) is 0 Å². The molecule has 1 aromatic carbocycles. The minimum atomic E-state index is -3.77. The first-order valence-corrected chi connectivity index (χ1v) is 11.1. The number of sulfone groups is 1. The Labute approximate surface area is 166 Å². The smallest absolute Gasteiger partial charge is 0.321 e. The Hall–Kier alpha value is -1.93. The summed E-state index contributed by atoms with van der Waals surface area (Å²) in [7, 11) is -2.59. The van der Waals surface area contributed by atoms with Gasteiger partial charge in [0.2, 0.25) is 0 Å². The van der Waals surface area contributed by atoms with Crippen LogP contribution in [0, 0.1) is 5.92 Å². The quantitative estimate of drug-likeness (QED) is 0.707. The van der Waals surface area contributed by atoms with Gasteiger partial charge in [0.05, 0.1) is 23.0 Å². The standard InChI is InChI=1S/C20H28N2O5S/c1-20(2,3)19-21-16-11-15(28(24,25)13-18(23)26-4)5-6-17(16)22(19)12-14-7-9-27-10-8-14/h5-6,11,14H,7-10,12-13H2,1-4H3. The third kappa shape index (κ3) is 4.38. The number of methoxy groups -OCH3 is 1. The minimum absolute atomic E-state index is 0.0848. The lowest BCUT2D eigenvalue weighted by Crippen LogP contribution is -2.25. The molecule has 0 radical (unpaired) electrons. The number of imidazole rings is 1. The molecule has 1 aliphatic rings. The monoisotopic (exact) mass is 408 g/mol. The van der Waals surface area contributed by atoms with Crippen molar-refractivity contribution in [3.05, 3.63) is 24.0 Å². The molecule has 2 aromatic rings. The van der Waals surface area contributed by atoms with Gasteiger partial charge in [-0.3, -0.25) is 4.79 Å². The molecule has 3 rings (SSSR count). The Balaban J connectivity index is 2.03. The zero-order valence-corrected chi connectivity index (χ0v) is 17.7. The molecule has 0 unspecified atom stereocenters. The predicted octanol–water partition coefficient (Wildman–Crippen LogP) is 2.71. The Morgan fingerprint density at radius 2 is 1.96 bits per heavy atom. The molecule has 0 bridgehead atoms. The summed E-state index contributed by atoms with van der Waals surface area (Å²) in [5, 5.41) is 0. The number of hydrogen-bond acceptors (Lipinski definition) is 6. The van der Waals surface area contributed by atoms with Crippen LogP contribution in [0.25, 0.3) is 11.0 Å². The van der Waals surface area contributed by atoms with Crippen LogP contribution >= 0.6 is 0 Å². The summed E-state index contributed by atoms with van der Waals surface area (Å²) in [5.41, 5.74) is 1.35. The number of nitrogens with zero attached hydrogens (tertiary/aromatic N) is 2. The molecule has 0 amide bonds. The Kier molecular flexibility index (Phi) is 5.82. The lowest BCUT2D eigenvalue weighted by Gasteiger charge is -2.26. The number of fused-ring (bicyclic) bond motifs is 1. The molecule has 1 fully saturated rings. The normalized spacial score (nSPS) is 16.4. The van der Waals surface area contributed by atoms with Gasteiger partial charge >= 0.3 is 5.97 Å². The van der Waals surface area contributed by atoms with E-state index < -0.39 is 21.6 Å². The van der Waals surface area contributed by atoms with E-state index in [0.29, 0.717) is 11.4 Å². The van der Waals surface area contributed by atoms with Crippen molar-refractivity contribution in [2.75, 3.05) is 26.1 Å². The highest BCUT2D eigenvalue weighted by atomic mass is 32.2. The van der Waals surface area contributed by atoms with Gasteiger partial charge in [0.1, 0.15) is 5.82 Å². The van der Waals surface area contributed by atoms with E-state index >= 15 is 0 Å². The number of aromatic nitrogens is 2. The van der Waals surface area contributed by atoms with Gasteiger partial charge in [-0.05, 0) is 37.0 Å². The first kappa shape index (κ1) is 20.8. The number of carbonyl (C=O) groups is 1. The molecule has 154 valence electrons. The second-order valence-corrected chi connectivity index (χ2v) is 10.3. The van der Waals surface area contributed by atoms with E-state index in [1.54, 1.807) is 18.2 Å². The molecule has 8 heteroatoms.